The third kappa shape index (κ3) is 6.16. The fraction of sp³-hybridized carbons (Fsp3) is 0.440. The number of alkyl halides is 1. The normalized spacial score (nSPS) is 16.8. The van der Waals surface area contributed by atoms with Gasteiger partial charge in [0.1, 0.15) is 18.8 Å². The summed E-state index contributed by atoms with van der Waals surface area (Å²) < 4.78 is 26.6. The van der Waals surface area contributed by atoms with Crippen LogP contribution in [-0.4, -0.2) is 62.9 Å². The van der Waals surface area contributed by atoms with Crippen LogP contribution in [0.25, 0.3) is 5.65 Å². The monoisotopic (exact) mass is 498 g/mol. The fourth-order valence-corrected chi connectivity index (χ4v) is 3.87. The first-order valence-electron chi connectivity index (χ1n) is 11.8. The number of halogens is 1. The maximum Gasteiger partial charge on any atom is 0.410 e. The highest BCUT2D eigenvalue weighted by atomic mass is 19.1. The topological polar surface area (TPSA) is 124 Å². The van der Waals surface area contributed by atoms with Gasteiger partial charge in [0.2, 0.25) is 5.91 Å². The highest BCUT2D eigenvalue weighted by Gasteiger charge is 2.29. The molecule has 0 aliphatic carbocycles. The van der Waals surface area contributed by atoms with Crippen LogP contribution in [0.15, 0.2) is 48.5 Å². The molecule has 11 heteroatoms. The van der Waals surface area contributed by atoms with Crippen LogP contribution in [0.2, 0.25) is 0 Å². The first kappa shape index (κ1) is 25.5. The molecule has 1 saturated heterocycles. The number of hydrogen-bond acceptors (Lipinski definition) is 7. The number of carbonyl (C=O) groups excluding carboxylic acids is 2. The molecule has 1 fully saturated rings. The number of likely N-dealkylation sites (tertiary alicyclic amines) is 1. The Morgan fingerprint density at radius 2 is 1.94 bits per heavy atom. The fourth-order valence-electron chi connectivity index (χ4n) is 3.87. The van der Waals surface area contributed by atoms with Gasteiger partial charge in [0.15, 0.2) is 11.5 Å². The molecule has 0 bridgehead atoms. The van der Waals surface area contributed by atoms with Gasteiger partial charge in [-0.2, -0.15) is 0 Å². The number of nitrogens with zero attached hydrogens (tertiary/aromatic N) is 4. The molecule has 2 amide bonds. The van der Waals surface area contributed by atoms with Gasteiger partial charge in [-0.3, -0.25) is 9.20 Å². The molecule has 0 saturated carbocycles. The summed E-state index contributed by atoms with van der Waals surface area (Å²) in [6, 6.07) is 14.3. The molecule has 3 N–H and O–H groups in total. The molecule has 2 aromatic heterocycles. The number of hydrogen-bond donors (Lipinski definition) is 2. The van der Waals surface area contributed by atoms with Gasteiger partial charge in [-0.1, -0.05) is 36.4 Å². The Morgan fingerprint density at radius 3 is 2.64 bits per heavy atom. The predicted molar refractivity (Wildman–Crippen MR) is 130 cm³/mol. The van der Waals surface area contributed by atoms with Gasteiger partial charge in [0, 0.05) is 6.54 Å². The van der Waals surface area contributed by atoms with E-state index in [9.17, 15) is 14.0 Å². The number of pyridine rings is 1. The second kappa shape index (κ2) is 11.0. The molecular formula is C25H31FN6O4. The number of amides is 2. The third-order valence-electron chi connectivity index (χ3n) is 5.86. The maximum atomic E-state index is 13.5. The standard InChI is InChI=1S/C25H31FN6O4/c1-25(2,27)23(33)28-20(16-35-14-17-7-4-3-5-8-17)22-30-29-21-10-6-9-19(32(21)22)15-36-24(34)31-12-11-18(26)13-31/h3-10,18,20H,11-16,27H2,1-2H3,(H,28,33)/t18-,20-/m1/s1. The summed E-state index contributed by atoms with van der Waals surface area (Å²) in [6.07, 6.45) is -1.30. The highest BCUT2D eigenvalue weighted by Crippen LogP contribution is 2.19. The zero-order valence-corrected chi connectivity index (χ0v) is 20.4. The molecule has 0 unspecified atom stereocenters. The Bertz CT molecular complexity index is 1200. The number of rotatable bonds is 9. The van der Waals surface area contributed by atoms with Crippen LogP contribution >= 0.6 is 0 Å². The van der Waals surface area contributed by atoms with E-state index in [1.807, 2.05) is 30.3 Å². The second-order valence-electron chi connectivity index (χ2n) is 9.40. The van der Waals surface area contributed by atoms with Crippen LogP contribution in [0.4, 0.5) is 9.18 Å². The third-order valence-corrected chi connectivity index (χ3v) is 5.86. The van der Waals surface area contributed by atoms with E-state index in [1.54, 1.807) is 36.4 Å². The summed E-state index contributed by atoms with van der Waals surface area (Å²) in [6.45, 7) is 3.94. The van der Waals surface area contributed by atoms with Crippen LogP contribution in [0.5, 0.6) is 0 Å². The summed E-state index contributed by atoms with van der Waals surface area (Å²) >= 11 is 0. The Balaban J connectivity index is 1.55. The zero-order valence-electron chi connectivity index (χ0n) is 20.4. The molecule has 3 aromatic rings. The van der Waals surface area contributed by atoms with E-state index < -0.39 is 23.8 Å². The number of aromatic nitrogens is 3. The molecule has 4 rings (SSSR count). The van der Waals surface area contributed by atoms with Crippen LogP contribution in [0, 0.1) is 0 Å². The molecular weight excluding hydrogens is 467 g/mol. The lowest BCUT2D eigenvalue weighted by Crippen LogP contribution is -2.51. The Labute approximate surface area is 208 Å². The number of fused-ring (bicyclic) bond motifs is 1. The van der Waals surface area contributed by atoms with Gasteiger partial charge in [0.25, 0.3) is 0 Å². The Morgan fingerprint density at radius 1 is 1.17 bits per heavy atom. The smallest absolute Gasteiger partial charge is 0.410 e. The molecule has 36 heavy (non-hydrogen) atoms. The van der Waals surface area contributed by atoms with E-state index in [2.05, 4.69) is 15.5 Å². The SMILES string of the molecule is CC(C)(N)C(=O)N[C@H](COCc1ccccc1)c1nnc2cccc(COC(=O)N3CC[C@@H](F)C3)n12. The molecule has 1 aliphatic heterocycles. The van der Waals surface area contributed by atoms with E-state index in [-0.39, 0.29) is 25.7 Å². The Kier molecular flexibility index (Phi) is 7.80. The van der Waals surface area contributed by atoms with Crippen molar-refractivity contribution in [3.63, 3.8) is 0 Å². The van der Waals surface area contributed by atoms with Crippen LogP contribution < -0.4 is 11.1 Å². The minimum Gasteiger partial charge on any atom is -0.443 e. The van der Waals surface area contributed by atoms with Crippen molar-refractivity contribution in [2.45, 2.75) is 51.2 Å². The van der Waals surface area contributed by atoms with Crippen LogP contribution in [0.3, 0.4) is 0 Å². The van der Waals surface area contributed by atoms with Crippen molar-refractivity contribution < 1.29 is 23.5 Å². The van der Waals surface area contributed by atoms with E-state index in [0.717, 1.165) is 5.56 Å². The van der Waals surface area contributed by atoms with Gasteiger partial charge in [-0.05, 0) is 38.0 Å². The molecule has 2 atom stereocenters. The van der Waals surface area contributed by atoms with Gasteiger partial charge >= 0.3 is 6.09 Å². The second-order valence-corrected chi connectivity index (χ2v) is 9.40. The minimum atomic E-state index is -1.12. The van der Waals surface area contributed by atoms with Gasteiger partial charge < -0.3 is 25.4 Å². The van der Waals surface area contributed by atoms with Crippen molar-refractivity contribution in [2.75, 3.05) is 19.7 Å². The largest absolute Gasteiger partial charge is 0.443 e. The van der Waals surface area contributed by atoms with Crippen molar-refractivity contribution in [3.8, 4) is 0 Å². The molecule has 192 valence electrons. The van der Waals surface area contributed by atoms with Crippen LogP contribution in [-0.2, 0) is 27.5 Å². The number of benzene rings is 1. The maximum absolute atomic E-state index is 13.5. The summed E-state index contributed by atoms with van der Waals surface area (Å²) in [4.78, 5) is 26.5. The molecule has 10 nitrogen and oxygen atoms in total. The summed E-state index contributed by atoms with van der Waals surface area (Å²) in [5.41, 5.74) is 6.97. The van der Waals surface area contributed by atoms with Gasteiger partial charge in [-0.15, -0.1) is 10.2 Å². The van der Waals surface area contributed by atoms with E-state index in [4.69, 9.17) is 15.2 Å². The first-order chi connectivity index (χ1) is 17.2. The Hall–Kier alpha value is -3.57. The van der Waals surface area contributed by atoms with Crippen molar-refractivity contribution in [1.29, 1.82) is 0 Å². The lowest BCUT2D eigenvalue weighted by molar-refractivity contribution is -0.126. The zero-order chi connectivity index (χ0) is 25.7. The van der Waals surface area contributed by atoms with E-state index >= 15 is 0 Å². The molecule has 3 heterocycles. The van der Waals surface area contributed by atoms with E-state index in [0.29, 0.717) is 36.7 Å². The number of ether oxygens (including phenoxy) is 2. The van der Waals surface area contributed by atoms with Crippen LogP contribution in [0.1, 0.15) is 43.4 Å². The number of nitrogens with one attached hydrogen (secondary N) is 1. The number of carbonyl (C=O) groups is 2. The average Bonchev–Trinajstić information content (AvgIpc) is 3.48. The van der Waals surface area contributed by atoms with Crippen molar-refractivity contribution >= 4 is 17.6 Å². The summed E-state index contributed by atoms with van der Waals surface area (Å²) in [5, 5.41) is 11.4. The minimum absolute atomic E-state index is 0.0304. The lowest BCUT2D eigenvalue weighted by atomic mass is 10.1. The highest BCUT2D eigenvalue weighted by molar-refractivity contribution is 5.85. The van der Waals surface area contributed by atoms with Crippen molar-refractivity contribution in [2.24, 2.45) is 5.73 Å². The summed E-state index contributed by atoms with van der Waals surface area (Å²) in [5.74, 6) is 0.0265. The van der Waals surface area contributed by atoms with Gasteiger partial charge in [0.05, 0.1) is 31.0 Å². The average molecular weight is 499 g/mol. The first-order valence-corrected chi connectivity index (χ1v) is 11.8. The summed E-state index contributed by atoms with van der Waals surface area (Å²) in [7, 11) is 0. The van der Waals surface area contributed by atoms with Crippen molar-refractivity contribution in [3.05, 3.63) is 65.6 Å². The van der Waals surface area contributed by atoms with Crippen molar-refractivity contribution in [1.82, 2.24) is 24.8 Å². The lowest BCUT2D eigenvalue weighted by Gasteiger charge is -2.24. The molecule has 0 spiro atoms. The van der Waals surface area contributed by atoms with E-state index in [1.165, 1.54) is 4.90 Å². The molecule has 0 radical (unpaired) electrons. The van der Waals surface area contributed by atoms with Gasteiger partial charge in [-0.25, -0.2) is 9.18 Å². The quantitative estimate of drug-likeness (QED) is 0.465. The molecule has 1 aromatic carbocycles. The molecule has 1 aliphatic rings. The number of nitrogens with two attached hydrogens (primary N) is 1. The predicted octanol–water partition coefficient (Wildman–Crippen LogP) is 2.52.